The topological polar surface area (TPSA) is 74.0 Å². The maximum Gasteiger partial charge on any atom is 0.271 e. The van der Waals surface area contributed by atoms with Crippen LogP contribution in [0.2, 0.25) is 0 Å². The van der Waals surface area contributed by atoms with Crippen molar-refractivity contribution in [1.82, 2.24) is 24.4 Å². The molecule has 0 spiro atoms. The lowest BCUT2D eigenvalue weighted by Gasteiger charge is -2.20. The van der Waals surface area contributed by atoms with Gasteiger partial charge in [0, 0.05) is 25.4 Å². The molecule has 1 N–H and O–H groups in total. The molecule has 2 aromatic heterocycles. The number of benzene rings is 2. The first-order valence-electron chi connectivity index (χ1n) is 11.5. The molecule has 0 saturated heterocycles. The molecule has 4 aromatic rings. The second kappa shape index (κ2) is 10.2. The van der Waals surface area contributed by atoms with Gasteiger partial charge in [0.05, 0.1) is 30.5 Å². The number of aromatic nitrogens is 4. The number of methoxy groups -OCH3 is 1. The fourth-order valence-electron chi connectivity index (χ4n) is 4.52. The summed E-state index contributed by atoms with van der Waals surface area (Å²) in [6, 6.07) is 12.2. The number of fused-ring (bicyclic) bond motifs is 1. The number of nitrogens with one attached hydrogen (secondary N) is 1. The molecule has 0 fully saturated rings. The predicted molar refractivity (Wildman–Crippen MR) is 140 cm³/mol. The van der Waals surface area contributed by atoms with Gasteiger partial charge in [0.15, 0.2) is 5.69 Å². The summed E-state index contributed by atoms with van der Waals surface area (Å²) in [4.78, 5) is 21.8. The zero-order valence-corrected chi connectivity index (χ0v) is 19.9. The van der Waals surface area contributed by atoms with E-state index in [4.69, 9.17) is 9.72 Å². The van der Waals surface area contributed by atoms with Crippen molar-refractivity contribution in [2.75, 3.05) is 14.2 Å². The Morgan fingerprint density at radius 3 is 2.64 bits per heavy atom. The van der Waals surface area contributed by atoms with Crippen molar-refractivity contribution >= 4 is 17.6 Å². The van der Waals surface area contributed by atoms with Crippen molar-refractivity contribution in [1.29, 1.82) is 0 Å². The summed E-state index contributed by atoms with van der Waals surface area (Å²) < 4.78 is 23.2. The van der Waals surface area contributed by atoms with Gasteiger partial charge in [-0.05, 0) is 73.4 Å². The van der Waals surface area contributed by atoms with Crippen molar-refractivity contribution < 1.29 is 13.9 Å². The number of hydrogen-bond donors (Lipinski definition) is 1. The molecule has 1 aliphatic heterocycles. The number of rotatable bonds is 5. The van der Waals surface area contributed by atoms with Crippen LogP contribution in [-0.4, -0.2) is 39.2 Å². The third kappa shape index (κ3) is 4.54. The van der Waals surface area contributed by atoms with Gasteiger partial charge in [-0.2, -0.15) is 0 Å². The van der Waals surface area contributed by atoms with Crippen LogP contribution < -0.4 is 10.1 Å². The van der Waals surface area contributed by atoms with E-state index < -0.39 is 0 Å². The molecule has 7 nitrogen and oxygen atoms in total. The summed E-state index contributed by atoms with van der Waals surface area (Å²) in [5.74, 6) is 0.890. The van der Waals surface area contributed by atoms with E-state index in [0.29, 0.717) is 11.4 Å². The van der Waals surface area contributed by atoms with Crippen LogP contribution in [0.25, 0.3) is 28.6 Å². The Labute approximate surface area is 210 Å². The van der Waals surface area contributed by atoms with E-state index in [0.717, 1.165) is 59.0 Å². The molecule has 0 unspecified atom stereocenters. The predicted octanol–water partition coefficient (Wildman–Crippen LogP) is 5.52. The first kappa shape index (κ1) is 24.9. The Hall–Kier alpha value is -4.20. The SMILES string of the molecule is C.CNC(=O)c1nc2n(c1-c1ccc(F)cc1)CCC/C2=C\c1ccc(-n2cnc(C)c2)c(OC)c1. The molecule has 0 atom stereocenters. The number of amides is 1. The summed E-state index contributed by atoms with van der Waals surface area (Å²) >= 11 is 0. The van der Waals surface area contributed by atoms with E-state index in [1.54, 1.807) is 32.6 Å². The third-order valence-corrected chi connectivity index (χ3v) is 6.18. The van der Waals surface area contributed by atoms with Crippen molar-refractivity contribution in [2.45, 2.75) is 33.7 Å². The van der Waals surface area contributed by atoms with Crippen LogP contribution in [0.4, 0.5) is 4.39 Å². The molecule has 8 heteroatoms. The maximum absolute atomic E-state index is 13.6. The maximum atomic E-state index is 13.6. The summed E-state index contributed by atoms with van der Waals surface area (Å²) in [5, 5.41) is 2.68. The van der Waals surface area contributed by atoms with E-state index in [1.807, 2.05) is 35.9 Å². The van der Waals surface area contributed by atoms with Gasteiger partial charge in [-0.15, -0.1) is 0 Å². The van der Waals surface area contributed by atoms with Gasteiger partial charge in [0.25, 0.3) is 5.91 Å². The van der Waals surface area contributed by atoms with Gasteiger partial charge < -0.3 is 19.2 Å². The fraction of sp³-hybridized carbons (Fsp3) is 0.250. The Bertz CT molecular complexity index is 1430. The van der Waals surface area contributed by atoms with Crippen molar-refractivity contribution in [3.8, 4) is 22.7 Å². The highest BCUT2D eigenvalue weighted by atomic mass is 19.1. The number of hydrogen-bond acceptors (Lipinski definition) is 4. The molecular formula is C28H30FN5O2. The van der Waals surface area contributed by atoms with Gasteiger partial charge in [-0.25, -0.2) is 14.4 Å². The standard InChI is InChI=1S/C27H26FN5O2.CH4/c1-17-15-32(16-30-17)22-11-6-18(14-23(22)35-3)13-20-5-4-12-33-25(19-7-9-21(28)10-8-19)24(27(34)29-2)31-26(20)33;/h6-11,13-16H,4-5,12H2,1-3H3,(H,29,34);1H4/b20-13+;. The summed E-state index contributed by atoms with van der Waals surface area (Å²) in [7, 11) is 3.24. The average molecular weight is 488 g/mol. The number of imidazole rings is 2. The number of carbonyl (C=O) groups excluding carboxylic acids is 1. The van der Waals surface area contributed by atoms with E-state index >= 15 is 0 Å². The Kier molecular flexibility index (Phi) is 7.05. The van der Waals surface area contributed by atoms with Crippen LogP contribution in [0.15, 0.2) is 55.0 Å². The van der Waals surface area contributed by atoms with Crippen LogP contribution in [-0.2, 0) is 6.54 Å². The Morgan fingerprint density at radius 2 is 1.97 bits per heavy atom. The van der Waals surface area contributed by atoms with Crippen molar-refractivity contribution in [2.24, 2.45) is 0 Å². The molecule has 36 heavy (non-hydrogen) atoms. The number of allylic oxidation sites excluding steroid dienone is 1. The second-order valence-corrected chi connectivity index (χ2v) is 8.50. The minimum Gasteiger partial charge on any atom is -0.495 e. The highest BCUT2D eigenvalue weighted by molar-refractivity contribution is 5.99. The molecule has 0 saturated carbocycles. The zero-order valence-electron chi connectivity index (χ0n) is 19.9. The number of carbonyl (C=O) groups is 1. The summed E-state index contributed by atoms with van der Waals surface area (Å²) in [5.41, 5.74) is 5.63. The van der Waals surface area contributed by atoms with Gasteiger partial charge >= 0.3 is 0 Å². The normalized spacial score (nSPS) is 13.7. The fourth-order valence-corrected chi connectivity index (χ4v) is 4.52. The second-order valence-electron chi connectivity index (χ2n) is 8.50. The molecule has 186 valence electrons. The minimum atomic E-state index is -0.322. The largest absolute Gasteiger partial charge is 0.495 e. The number of aryl methyl sites for hydroxylation is 1. The molecule has 1 aliphatic rings. The van der Waals surface area contributed by atoms with Crippen LogP contribution in [0.3, 0.4) is 0 Å². The number of halogens is 1. The average Bonchev–Trinajstić information content (AvgIpc) is 3.48. The first-order chi connectivity index (χ1) is 17.0. The van der Waals surface area contributed by atoms with Crippen molar-refractivity contribution in [3.05, 3.63) is 83.6 Å². The molecule has 0 bridgehead atoms. The molecule has 2 aromatic carbocycles. The van der Waals surface area contributed by atoms with Crippen LogP contribution >= 0.6 is 0 Å². The third-order valence-electron chi connectivity index (χ3n) is 6.18. The lowest BCUT2D eigenvalue weighted by Crippen LogP contribution is -2.19. The number of ether oxygens (including phenoxy) is 1. The van der Waals surface area contributed by atoms with Crippen LogP contribution in [0.1, 0.15) is 47.8 Å². The summed E-state index contributed by atoms with van der Waals surface area (Å²) in [6.45, 7) is 2.67. The van der Waals surface area contributed by atoms with Gasteiger partial charge in [0.2, 0.25) is 0 Å². The molecular weight excluding hydrogens is 457 g/mol. The minimum absolute atomic E-state index is 0. The van der Waals surface area contributed by atoms with E-state index in [-0.39, 0.29) is 19.2 Å². The van der Waals surface area contributed by atoms with E-state index in [1.165, 1.54) is 12.1 Å². The molecule has 0 aliphatic carbocycles. The zero-order chi connectivity index (χ0) is 24.5. The lowest BCUT2D eigenvalue weighted by atomic mass is 10.0. The Morgan fingerprint density at radius 1 is 1.19 bits per heavy atom. The highest BCUT2D eigenvalue weighted by Gasteiger charge is 2.27. The van der Waals surface area contributed by atoms with Gasteiger partial charge in [0.1, 0.15) is 17.4 Å². The molecule has 0 radical (unpaired) electrons. The summed E-state index contributed by atoms with van der Waals surface area (Å²) in [6.07, 6.45) is 7.54. The number of nitrogens with zero attached hydrogens (tertiary/aromatic N) is 4. The Balaban J connectivity index is 0.00000304. The van der Waals surface area contributed by atoms with Gasteiger partial charge in [-0.3, -0.25) is 4.79 Å². The quantitative estimate of drug-likeness (QED) is 0.402. The molecule has 3 heterocycles. The van der Waals surface area contributed by atoms with Gasteiger partial charge in [-0.1, -0.05) is 13.5 Å². The van der Waals surface area contributed by atoms with Crippen LogP contribution in [0.5, 0.6) is 5.75 Å². The van der Waals surface area contributed by atoms with Crippen LogP contribution in [0, 0.1) is 12.7 Å². The molecule has 5 rings (SSSR count). The van der Waals surface area contributed by atoms with E-state index in [9.17, 15) is 9.18 Å². The van der Waals surface area contributed by atoms with E-state index in [2.05, 4.69) is 20.9 Å². The molecule has 1 amide bonds. The smallest absolute Gasteiger partial charge is 0.271 e. The monoisotopic (exact) mass is 487 g/mol. The van der Waals surface area contributed by atoms with Crippen molar-refractivity contribution in [3.63, 3.8) is 0 Å². The first-order valence-corrected chi connectivity index (χ1v) is 11.5. The lowest BCUT2D eigenvalue weighted by molar-refractivity contribution is 0.0959. The highest BCUT2D eigenvalue weighted by Crippen LogP contribution is 2.35.